The van der Waals surface area contributed by atoms with E-state index in [0.29, 0.717) is 18.8 Å². The van der Waals surface area contributed by atoms with E-state index in [1.165, 1.54) is 0 Å². The van der Waals surface area contributed by atoms with E-state index in [1.54, 1.807) is 0 Å². The van der Waals surface area contributed by atoms with E-state index in [1.807, 2.05) is 54.4 Å². The molecule has 9 heteroatoms. The molecule has 0 bridgehead atoms. The monoisotopic (exact) mass is 461 g/mol. The summed E-state index contributed by atoms with van der Waals surface area (Å²) >= 11 is 0. The molecule has 0 spiro atoms. The minimum atomic E-state index is -0.267. The number of aliphatic hydroxyl groups is 1. The van der Waals surface area contributed by atoms with Gasteiger partial charge in [0.05, 0.1) is 18.6 Å². The number of anilines is 1. The van der Waals surface area contributed by atoms with E-state index in [-0.39, 0.29) is 60.2 Å². The maximum absolute atomic E-state index is 12.9. The van der Waals surface area contributed by atoms with Gasteiger partial charge in [0.25, 0.3) is 0 Å². The van der Waals surface area contributed by atoms with Crippen LogP contribution in [-0.2, 0) is 11.2 Å². The van der Waals surface area contributed by atoms with E-state index in [4.69, 9.17) is 5.73 Å². The SMILES string of the molecule is CN(C(=O)Cc1ccccc1N)[C@H](CN1CCC(O)C1)c1ccccc1.Cl.Cl.O.O. The van der Waals surface area contributed by atoms with Crippen LogP contribution in [0, 0.1) is 0 Å². The molecule has 0 aromatic heterocycles. The Morgan fingerprint density at radius 3 is 2.30 bits per heavy atom. The zero-order valence-corrected chi connectivity index (χ0v) is 18.7. The number of benzene rings is 2. The Labute approximate surface area is 190 Å². The second-order valence-corrected chi connectivity index (χ2v) is 7.01. The van der Waals surface area contributed by atoms with Gasteiger partial charge >= 0.3 is 0 Å². The third-order valence-corrected chi connectivity index (χ3v) is 5.12. The van der Waals surface area contributed by atoms with Gasteiger partial charge in [-0.2, -0.15) is 0 Å². The van der Waals surface area contributed by atoms with E-state index in [0.717, 1.165) is 24.1 Å². The largest absolute Gasteiger partial charge is 0.412 e. The Hall–Kier alpha value is -1.87. The first-order valence-corrected chi connectivity index (χ1v) is 9.09. The first-order chi connectivity index (χ1) is 12.5. The average molecular weight is 462 g/mol. The number of halogens is 2. The minimum absolute atomic E-state index is 0. The van der Waals surface area contributed by atoms with Gasteiger partial charge in [0.15, 0.2) is 0 Å². The number of nitrogen functional groups attached to an aromatic ring is 1. The molecule has 170 valence electrons. The van der Waals surface area contributed by atoms with E-state index >= 15 is 0 Å². The third kappa shape index (κ3) is 7.75. The molecule has 1 fully saturated rings. The van der Waals surface area contributed by atoms with Gasteiger partial charge in [-0.3, -0.25) is 9.69 Å². The smallest absolute Gasteiger partial charge is 0.227 e. The summed E-state index contributed by atoms with van der Waals surface area (Å²) in [6.45, 7) is 2.24. The number of aliphatic hydroxyl groups excluding tert-OH is 1. The Morgan fingerprint density at radius 2 is 1.73 bits per heavy atom. The highest BCUT2D eigenvalue weighted by Gasteiger charge is 2.28. The molecule has 2 aromatic carbocycles. The molecule has 1 saturated heterocycles. The zero-order chi connectivity index (χ0) is 18.5. The first-order valence-electron chi connectivity index (χ1n) is 9.09. The lowest BCUT2D eigenvalue weighted by molar-refractivity contribution is -0.131. The van der Waals surface area contributed by atoms with Gasteiger partial charge in [-0.05, 0) is 23.6 Å². The van der Waals surface area contributed by atoms with Crippen molar-refractivity contribution in [2.45, 2.75) is 25.0 Å². The van der Waals surface area contributed by atoms with Crippen LogP contribution in [0.1, 0.15) is 23.6 Å². The fraction of sp³-hybridized carbons (Fsp3) is 0.381. The number of likely N-dealkylation sites (N-methyl/N-ethyl adjacent to an activating group) is 1. The van der Waals surface area contributed by atoms with Crippen molar-refractivity contribution in [1.29, 1.82) is 0 Å². The molecule has 3 rings (SSSR count). The number of nitrogens with zero attached hydrogens (tertiary/aromatic N) is 2. The molecular weight excluding hydrogens is 429 g/mol. The topological polar surface area (TPSA) is 133 Å². The molecule has 1 amide bonds. The predicted molar refractivity (Wildman–Crippen MR) is 125 cm³/mol. The van der Waals surface area contributed by atoms with E-state index < -0.39 is 0 Å². The highest BCUT2D eigenvalue weighted by molar-refractivity contribution is 5.85. The summed E-state index contributed by atoms with van der Waals surface area (Å²) in [7, 11) is 1.85. The van der Waals surface area contributed by atoms with Gasteiger partial charge < -0.3 is 26.7 Å². The Balaban J connectivity index is 0. The molecule has 7 N–H and O–H groups in total. The van der Waals surface area contributed by atoms with Crippen LogP contribution >= 0.6 is 24.8 Å². The highest BCUT2D eigenvalue weighted by Crippen LogP contribution is 2.24. The van der Waals surface area contributed by atoms with Crippen LogP contribution in [0.2, 0.25) is 0 Å². The summed E-state index contributed by atoms with van der Waals surface area (Å²) in [5, 5.41) is 9.82. The lowest BCUT2D eigenvalue weighted by Crippen LogP contribution is -2.39. The number of amides is 1. The number of hydrogen-bond acceptors (Lipinski definition) is 4. The van der Waals surface area contributed by atoms with Crippen LogP contribution in [0.3, 0.4) is 0 Å². The zero-order valence-electron chi connectivity index (χ0n) is 17.0. The number of rotatable bonds is 6. The van der Waals surface area contributed by atoms with Crippen molar-refractivity contribution in [3.63, 3.8) is 0 Å². The predicted octanol–water partition coefficient (Wildman–Crippen LogP) is 1.27. The third-order valence-electron chi connectivity index (χ3n) is 5.12. The molecule has 0 aliphatic carbocycles. The van der Waals surface area contributed by atoms with Gasteiger partial charge in [0, 0.05) is 32.4 Å². The van der Waals surface area contributed by atoms with Crippen molar-refractivity contribution in [2.24, 2.45) is 0 Å². The average Bonchev–Trinajstić information content (AvgIpc) is 3.06. The second kappa shape index (κ2) is 14.2. The lowest BCUT2D eigenvalue weighted by Gasteiger charge is -2.32. The molecule has 1 heterocycles. The maximum Gasteiger partial charge on any atom is 0.227 e. The van der Waals surface area contributed by atoms with Crippen molar-refractivity contribution < 1.29 is 20.9 Å². The van der Waals surface area contributed by atoms with Crippen molar-refractivity contribution in [2.75, 3.05) is 32.4 Å². The molecule has 2 atom stereocenters. The number of β-amino-alcohol motifs (C(OH)–C–C–N with tert-alkyl or cyclic N) is 1. The molecular formula is C21H33Cl2N3O4. The van der Waals surface area contributed by atoms with Gasteiger partial charge in [-0.15, -0.1) is 24.8 Å². The van der Waals surface area contributed by atoms with Crippen molar-refractivity contribution >= 4 is 36.4 Å². The van der Waals surface area contributed by atoms with Crippen LogP contribution in [0.5, 0.6) is 0 Å². The minimum Gasteiger partial charge on any atom is -0.412 e. The number of carbonyl (C=O) groups is 1. The van der Waals surface area contributed by atoms with Gasteiger partial charge in [-0.25, -0.2) is 0 Å². The number of hydrogen-bond donors (Lipinski definition) is 2. The van der Waals surface area contributed by atoms with Crippen molar-refractivity contribution in [3.05, 3.63) is 65.7 Å². The molecule has 1 unspecified atom stereocenters. The summed E-state index contributed by atoms with van der Waals surface area (Å²) in [5.41, 5.74) is 8.60. The number of nitrogens with two attached hydrogens (primary N) is 1. The maximum atomic E-state index is 12.9. The number of para-hydroxylation sites is 1. The van der Waals surface area contributed by atoms with Gasteiger partial charge in [-0.1, -0.05) is 48.5 Å². The Kier molecular flexibility index (Phi) is 14.3. The first kappa shape index (κ1) is 30.3. The standard InChI is InChI=1S/C21H27N3O2.2ClH.2H2O/c1-23(21(26)13-17-9-5-6-10-19(17)22)20(16-7-3-2-4-8-16)15-24-12-11-18(25)14-24;;;;/h2-10,18,20,25H,11-15,22H2,1H3;2*1H;2*1H2/t18?,20-;;;;/m1..../s1. The van der Waals surface area contributed by atoms with Crippen LogP contribution < -0.4 is 5.73 Å². The molecule has 30 heavy (non-hydrogen) atoms. The van der Waals surface area contributed by atoms with Gasteiger partial charge in [0.1, 0.15) is 0 Å². The quantitative estimate of drug-likeness (QED) is 0.626. The fourth-order valence-electron chi connectivity index (χ4n) is 3.51. The van der Waals surface area contributed by atoms with Crippen molar-refractivity contribution in [1.82, 2.24) is 9.80 Å². The molecule has 0 saturated carbocycles. The summed E-state index contributed by atoms with van der Waals surface area (Å²) < 4.78 is 0. The number of carbonyl (C=O) groups excluding carboxylic acids is 1. The molecule has 7 nitrogen and oxygen atoms in total. The van der Waals surface area contributed by atoms with Gasteiger partial charge in [0.2, 0.25) is 5.91 Å². The highest BCUT2D eigenvalue weighted by atomic mass is 35.5. The van der Waals surface area contributed by atoms with Crippen LogP contribution in [0.4, 0.5) is 5.69 Å². The second-order valence-electron chi connectivity index (χ2n) is 7.01. The van der Waals surface area contributed by atoms with Crippen LogP contribution in [0.25, 0.3) is 0 Å². The summed E-state index contributed by atoms with van der Waals surface area (Å²) in [4.78, 5) is 17.0. The lowest BCUT2D eigenvalue weighted by atomic mass is 10.0. The van der Waals surface area contributed by atoms with E-state index in [9.17, 15) is 9.90 Å². The summed E-state index contributed by atoms with van der Waals surface area (Å²) in [6.07, 6.45) is 0.811. The normalized spacial score (nSPS) is 16.1. The summed E-state index contributed by atoms with van der Waals surface area (Å²) in [6, 6.07) is 17.5. The molecule has 1 aliphatic heterocycles. The summed E-state index contributed by atoms with van der Waals surface area (Å²) in [5.74, 6) is 0.0384. The van der Waals surface area contributed by atoms with Crippen molar-refractivity contribution in [3.8, 4) is 0 Å². The Morgan fingerprint density at radius 1 is 1.13 bits per heavy atom. The molecule has 2 aromatic rings. The van der Waals surface area contributed by atoms with Crippen LogP contribution in [0.15, 0.2) is 54.6 Å². The van der Waals surface area contributed by atoms with E-state index in [2.05, 4.69) is 17.0 Å². The fourth-order valence-corrected chi connectivity index (χ4v) is 3.51. The Bertz CT molecular complexity index is 752. The molecule has 1 aliphatic rings. The van der Waals surface area contributed by atoms with Crippen LogP contribution in [-0.4, -0.2) is 64.6 Å². The number of likely N-dealkylation sites (tertiary alicyclic amines) is 1. The molecule has 0 radical (unpaired) electrons.